The van der Waals surface area contributed by atoms with E-state index < -0.39 is 17.8 Å². The van der Waals surface area contributed by atoms with Gasteiger partial charge in [0.05, 0.1) is 36.0 Å². The number of rotatable bonds is 4. The quantitative estimate of drug-likeness (QED) is 0.652. The molecule has 2 rings (SSSR count). The lowest BCUT2D eigenvalue weighted by Gasteiger charge is -2.36. The first-order valence-electron chi connectivity index (χ1n) is 9.09. The number of aliphatic hydroxyl groups excluding tert-OH is 1. The number of carbonyl (C=O) groups excluding carboxylic acids is 2. The van der Waals surface area contributed by atoms with Gasteiger partial charge in [-0.1, -0.05) is 11.6 Å². The van der Waals surface area contributed by atoms with E-state index in [1.54, 1.807) is 20.8 Å². The van der Waals surface area contributed by atoms with Crippen LogP contribution in [0.4, 0.5) is 10.5 Å². The number of hydrogen-bond donors (Lipinski definition) is 3. The molecule has 1 heterocycles. The Balaban J connectivity index is 1.93. The van der Waals surface area contributed by atoms with Gasteiger partial charge in [-0.05, 0) is 33.3 Å². The molecule has 1 aliphatic heterocycles. The number of likely N-dealkylation sites (tertiary alicyclic amines) is 1. The maximum atomic E-state index is 12.5. The van der Waals surface area contributed by atoms with E-state index in [1.165, 1.54) is 24.1 Å². The molecule has 1 aliphatic rings. The number of β-amino-alcohol motifs (C(OH)–C–C–N with tert-alkyl or cyclic N) is 1. The number of nitrogens with zero attached hydrogens (tertiary/aromatic N) is 1. The third-order valence-electron chi connectivity index (χ3n) is 4.46. The highest BCUT2D eigenvalue weighted by Crippen LogP contribution is 2.29. The molecule has 0 bridgehead atoms. The van der Waals surface area contributed by atoms with Gasteiger partial charge < -0.3 is 30.5 Å². The molecule has 1 saturated heterocycles. The molecule has 2 amide bonds. The van der Waals surface area contributed by atoms with Crippen molar-refractivity contribution in [1.29, 1.82) is 0 Å². The standard InChI is InChI=1S/C19H28ClN3O5/c1-19(2,3)28-18(26)23-6-5-11(15(24)10-23)9-22-17(25)12-7-13(20)14(21)8-16(12)27-4/h7-8,11,15,24H,5-6,9-10,21H2,1-4H3,(H,22,25)/t11-,15-/m0/s1. The number of nitrogen functional groups attached to an aromatic ring is 1. The van der Waals surface area contributed by atoms with E-state index in [1.807, 2.05) is 0 Å². The van der Waals surface area contributed by atoms with Gasteiger partial charge in [0, 0.05) is 25.1 Å². The molecule has 156 valence electrons. The van der Waals surface area contributed by atoms with Gasteiger partial charge in [0.1, 0.15) is 11.4 Å². The van der Waals surface area contributed by atoms with Crippen LogP contribution in [0.25, 0.3) is 0 Å². The predicted molar refractivity (Wildman–Crippen MR) is 107 cm³/mol. The zero-order chi connectivity index (χ0) is 21.1. The lowest BCUT2D eigenvalue weighted by molar-refractivity contribution is -0.0122. The average molecular weight is 414 g/mol. The summed E-state index contributed by atoms with van der Waals surface area (Å²) in [4.78, 5) is 26.1. The van der Waals surface area contributed by atoms with Crippen molar-refractivity contribution in [2.45, 2.75) is 38.9 Å². The molecule has 1 aromatic carbocycles. The van der Waals surface area contributed by atoms with Gasteiger partial charge in [-0.25, -0.2) is 4.79 Å². The van der Waals surface area contributed by atoms with Crippen LogP contribution in [0.15, 0.2) is 12.1 Å². The molecule has 0 aliphatic carbocycles. The lowest BCUT2D eigenvalue weighted by Crippen LogP contribution is -2.50. The normalized spacial score (nSPS) is 19.9. The number of amides is 2. The molecule has 2 atom stereocenters. The van der Waals surface area contributed by atoms with Crippen molar-refractivity contribution < 1.29 is 24.2 Å². The van der Waals surface area contributed by atoms with Crippen LogP contribution in [0.3, 0.4) is 0 Å². The van der Waals surface area contributed by atoms with Crippen molar-refractivity contribution >= 4 is 29.3 Å². The van der Waals surface area contributed by atoms with Crippen LogP contribution >= 0.6 is 11.6 Å². The zero-order valence-electron chi connectivity index (χ0n) is 16.6. The van der Waals surface area contributed by atoms with Crippen molar-refractivity contribution in [2.24, 2.45) is 5.92 Å². The topological polar surface area (TPSA) is 114 Å². The minimum absolute atomic E-state index is 0.159. The molecular formula is C19H28ClN3O5. The summed E-state index contributed by atoms with van der Waals surface area (Å²) in [5, 5.41) is 13.4. The summed E-state index contributed by atoms with van der Waals surface area (Å²) in [5.41, 5.74) is 5.73. The Kier molecular flexibility index (Phi) is 7.01. The summed E-state index contributed by atoms with van der Waals surface area (Å²) in [6.45, 7) is 6.24. The SMILES string of the molecule is COc1cc(N)c(Cl)cc1C(=O)NC[C@@H]1CCN(C(=O)OC(C)(C)C)C[C@@H]1O. The first-order valence-corrected chi connectivity index (χ1v) is 9.47. The van der Waals surface area contributed by atoms with Crippen molar-refractivity contribution in [3.05, 3.63) is 22.7 Å². The molecule has 28 heavy (non-hydrogen) atoms. The van der Waals surface area contributed by atoms with Crippen LogP contribution in [-0.2, 0) is 4.74 Å². The number of nitrogens with two attached hydrogens (primary N) is 1. The van der Waals surface area contributed by atoms with Crippen molar-refractivity contribution in [2.75, 3.05) is 32.5 Å². The van der Waals surface area contributed by atoms with Crippen LogP contribution in [0, 0.1) is 5.92 Å². The van der Waals surface area contributed by atoms with Crippen molar-refractivity contribution in [3.8, 4) is 5.75 Å². The molecule has 9 heteroatoms. The maximum absolute atomic E-state index is 12.5. The van der Waals surface area contributed by atoms with Crippen LogP contribution in [0.5, 0.6) is 5.75 Å². The third kappa shape index (κ3) is 5.65. The smallest absolute Gasteiger partial charge is 0.410 e. The number of ether oxygens (including phenoxy) is 2. The van der Waals surface area contributed by atoms with E-state index in [-0.39, 0.29) is 35.5 Å². The molecule has 4 N–H and O–H groups in total. The fourth-order valence-electron chi connectivity index (χ4n) is 2.95. The Morgan fingerprint density at radius 2 is 2.07 bits per heavy atom. The molecular weight excluding hydrogens is 386 g/mol. The Hall–Kier alpha value is -2.19. The summed E-state index contributed by atoms with van der Waals surface area (Å²) < 4.78 is 10.5. The number of carbonyl (C=O) groups is 2. The molecule has 0 spiro atoms. The number of piperidine rings is 1. The Bertz CT molecular complexity index is 735. The lowest BCUT2D eigenvalue weighted by atomic mass is 9.94. The number of benzene rings is 1. The summed E-state index contributed by atoms with van der Waals surface area (Å²) in [5.74, 6) is -0.238. The van der Waals surface area contributed by atoms with Crippen LogP contribution < -0.4 is 15.8 Å². The highest BCUT2D eigenvalue weighted by molar-refractivity contribution is 6.33. The van der Waals surface area contributed by atoms with Gasteiger partial charge in [-0.3, -0.25) is 4.79 Å². The molecule has 0 saturated carbocycles. The van der Waals surface area contributed by atoms with Crippen molar-refractivity contribution in [1.82, 2.24) is 10.2 Å². The van der Waals surface area contributed by atoms with Gasteiger partial charge in [0.15, 0.2) is 0 Å². The number of anilines is 1. The minimum Gasteiger partial charge on any atom is -0.496 e. The first kappa shape index (κ1) is 22.1. The monoisotopic (exact) mass is 413 g/mol. The number of aliphatic hydroxyl groups is 1. The second kappa shape index (κ2) is 8.87. The molecule has 1 fully saturated rings. The van der Waals surface area contributed by atoms with Gasteiger partial charge in [0.25, 0.3) is 5.91 Å². The highest BCUT2D eigenvalue weighted by Gasteiger charge is 2.32. The molecule has 0 aromatic heterocycles. The second-order valence-electron chi connectivity index (χ2n) is 7.83. The molecule has 1 aromatic rings. The van der Waals surface area contributed by atoms with Gasteiger partial charge in [0.2, 0.25) is 0 Å². The zero-order valence-corrected chi connectivity index (χ0v) is 17.4. The largest absolute Gasteiger partial charge is 0.496 e. The van der Waals surface area contributed by atoms with Crippen LogP contribution in [0.1, 0.15) is 37.6 Å². The summed E-state index contributed by atoms with van der Waals surface area (Å²) in [6.07, 6.45) is -0.672. The summed E-state index contributed by atoms with van der Waals surface area (Å²) in [6, 6.07) is 2.94. The van der Waals surface area contributed by atoms with E-state index in [0.29, 0.717) is 24.4 Å². The van der Waals surface area contributed by atoms with E-state index in [0.717, 1.165) is 0 Å². The Labute approximate surface area is 169 Å². The fraction of sp³-hybridized carbons (Fsp3) is 0.579. The van der Waals surface area contributed by atoms with E-state index in [4.69, 9.17) is 26.8 Å². The Morgan fingerprint density at radius 3 is 2.64 bits per heavy atom. The van der Waals surface area contributed by atoms with Gasteiger partial charge >= 0.3 is 6.09 Å². The van der Waals surface area contributed by atoms with Gasteiger partial charge in [-0.2, -0.15) is 0 Å². The van der Waals surface area contributed by atoms with Gasteiger partial charge in [-0.15, -0.1) is 0 Å². The predicted octanol–water partition coefficient (Wildman–Crippen LogP) is 2.28. The number of nitrogens with one attached hydrogen (secondary N) is 1. The average Bonchev–Trinajstić information content (AvgIpc) is 2.60. The van der Waals surface area contributed by atoms with E-state index in [9.17, 15) is 14.7 Å². The molecule has 0 radical (unpaired) electrons. The minimum atomic E-state index is -0.765. The maximum Gasteiger partial charge on any atom is 0.410 e. The van der Waals surface area contributed by atoms with E-state index >= 15 is 0 Å². The molecule has 8 nitrogen and oxygen atoms in total. The fourth-order valence-corrected chi connectivity index (χ4v) is 3.11. The van der Waals surface area contributed by atoms with Crippen LogP contribution in [0.2, 0.25) is 5.02 Å². The number of hydrogen-bond acceptors (Lipinski definition) is 6. The summed E-state index contributed by atoms with van der Waals surface area (Å²) >= 11 is 6.00. The van der Waals surface area contributed by atoms with Crippen molar-refractivity contribution in [3.63, 3.8) is 0 Å². The molecule has 0 unspecified atom stereocenters. The highest BCUT2D eigenvalue weighted by atomic mass is 35.5. The third-order valence-corrected chi connectivity index (χ3v) is 4.79. The Morgan fingerprint density at radius 1 is 1.39 bits per heavy atom. The first-order chi connectivity index (χ1) is 13.0. The number of methoxy groups -OCH3 is 1. The number of halogens is 1. The van der Waals surface area contributed by atoms with Crippen LogP contribution in [-0.4, -0.2) is 60.5 Å². The summed E-state index contributed by atoms with van der Waals surface area (Å²) in [7, 11) is 1.44. The van der Waals surface area contributed by atoms with E-state index in [2.05, 4.69) is 5.32 Å². The second-order valence-corrected chi connectivity index (χ2v) is 8.23.